The van der Waals surface area contributed by atoms with Crippen LogP contribution in [0.4, 0.5) is 5.69 Å². The van der Waals surface area contributed by atoms with Crippen LogP contribution in [0.25, 0.3) is 0 Å². The van der Waals surface area contributed by atoms with Crippen LogP contribution in [0, 0.1) is 5.92 Å². The molecule has 1 fully saturated rings. The molecule has 1 saturated heterocycles. The minimum absolute atomic E-state index is 0.116. The molecule has 1 aromatic carbocycles. The van der Waals surface area contributed by atoms with Gasteiger partial charge < -0.3 is 10.2 Å². The smallest absolute Gasteiger partial charge is 0.0471 e. The summed E-state index contributed by atoms with van der Waals surface area (Å²) in [5.41, 5.74) is 2.56. The summed E-state index contributed by atoms with van der Waals surface area (Å²) in [5.74, 6) is 0.844. The molecule has 1 unspecified atom stereocenters. The van der Waals surface area contributed by atoms with E-state index in [-0.39, 0.29) is 5.54 Å². The predicted octanol–water partition coefficient (Wildman–Crippen LogP) is 4.46. The largest absolute Gasteiger partial charge is 0.371 e. The Labute approximate surface area is 128 Å². The number of hydrogen-bond donors (Lipinski definition) is 1. The topological polar surface area (TPSA) is 15.3 Å². The van der Waals surface area contributed by atoms with Crippen LogP contribution >= 0.6 is 11.6 Å². The van der Waals surface area contributed by atoms with E-state index in [0.717, 1.165) is 24.0 Å². The summed E-state index contributed by atoms with van der Waals surface area (Å²) in [4.78, 5) is 2.46. The molecular formula is C17H27ClN2. The molecule has 0 bridgehead atoms. The summed E-state index contributed by atoms with van der Waals surface area (Å²) in [5, 5.41) is 4.36. The van der Waals surface area contributed by atoms with E-state index in [4.69, 9.17) is 11.6 Å². The van der Waals surface area contributed by atoms with Crippen molar-refractivity contribution < 1.29 is 0 Å². The van der Waals surface area contributed by atoms with Crippen molar-refractivity contribution in [1.29, 1.82) is 0 Å². The monoisotopic (exact) mass is 294 g/mol. The second kappa shape index (κ2) is 6.36. The molecule has 0 spiro atoms. The molecule has 1 heterocycles. The number of halogens is 1. The molecule has 0 aliphatic carbocycles. The summed E-state index contributed by atoms with van der Waals surface area (Å²) >= 11 is 6.44. The highest BCUT2D eigenvalue weighted by Gasteiger charge is 2.21. The number of nitrogens with zero attached hydrogens (tertiary/aromatic N) is 1. The summed E-state index contributed by atoms with van der Waals surface area (Å²) in [7, 11) is 0. The Balaban J connectivity index is 2.02. The van der Waals surface area contributed by atoms with Crippen LogP contribution in [0.1, 0.15) is 46.1 Å². The van der Waals surface area contributed by atoms with Crippen LogP contribution in [0.15, 0.2) is 18.2 Å². The minimum Gasteiger partial charge on any atom is -0.371 e. The van der Waals surface area contributed by atoms with E-state index >= 15 is 0 Å². The summed E-state index contributed by atoms with van der Waals surface area (Å²) in [6, 6.07) is 6.50. The van der Waals surface area contributed by atoms with Gasteiger partial charge in [0.25, 0.3) is 0 Å². The van der Waals surface area contributed by atoms with Gasteiger partial charge >= 0.3 is 0 Å². The highest BCUT2D eigenvalue weighted by Crippen LogP contribution is 2.29. The van der Waals surface area contributed by atoms with Gasteiger partial charge in [-0.1, -0.05) is 31.0 Å². The molecule has 20 heavy (non-hydrogen) atoms. The fraction of sp³-hybridized carbons (Fsp3) is 0.647. The highest BCUT2D eigenvalue weighted by molar-refractivity contribution is 6.31. The maximum Gasteiger partial charge on any atom is 0.0471 e. The molecule has 0 amide bonds. The van der Waals surface area contributed by atoms with Gasteiger partial charge in [0.15, 0.2) is 0 Å². The fourth-order valence-electron chi connectivity index (χ4n) is 2.64. The van der Waals surface area contributed by atoms with E-state index in [2.05, 4.69) is 56.1 Å². The Morgan fingerprint density at radius 1 is 1.35 bits per heavy atom. The van der Waals surface area contributed by atoms with Crippen molar-refractivity contribution >= 4 is 17.3 Å². The number of benzene rings is 1. The molecule has 0 radical (unpaired) electrons. The van der Waals surface area contributed by atoms with Gasteiger partial charge in [-0.05, 0) is 50.8 Å². The predicted molar refractivity (Wildman–Crippen MR) is 88.7 cm³/mol. The molecule has 1 aliphatic rings. The van der Waals surface area contributed by atoms with Gasteiger partial charge in [0, 0.05) is 35.9 Å². The lowest BCUT2D eigenvalue weighted by Gasteiger charge is -2.22. The molecule has 0 saturated carbocycles. The standard InChI is InChI=1S/C17H27ClN2/c1-5-13-8-9-20(12-13)15-7-6-14(16(18)10-15)11-19-17(2,3)4/h6-7,10,13,19H,5,8-9,11-12H2,1-4H3. The Morgan fingerprint density at radius 3 is 2.65 bits per heavy atom. The molecule has 1 aromatic rings. The van der Waals surface area contributed by atoms with Gasteiger partial charge in [-0.25, -0.2) is 0 Å². The molecule has 0 aromatic heterocycles. The first-order chi connectivity index (χ1) is 9.39. The van der Waals surface area contributed by atoms with Crippen LogP contribution in [-0.2, 0) is 6.54 Å². The van der Waals surface area contributed by atoms with E-state index in [9.17, 15) is 0 Å². The molecule has 3 heteroatoms. The van der Waals surface area contributed by atoms with Gasteiger partial charge in [0.1, 0.15) is 0 Å². The van der Waals surface area contributed by atoms with Crippen LogP contribution in [0.3, 0.4) is 0 Å². The number of nitrogens with one attached hydrogen (secondary N) is 1. The Hall–Kier alpha value is -0.730. The first-order valence-corrected chi connectivity index (χ1v) is 8.05. The van der Waals surface area contributed by atoms with Crippen molar-refractivity contribution in [2.24, 2.45) is 5.92 Å². The number of anilines is 1. The summed E-state index contributed by atoms with van der Waals surface area (Å²) in [6.45, 7) is 11.9. The molecule has 1 aliphatic heterocycles. The van der Waals surface area contributed by atoms with Crippen molar-refractivity contribution in [3.63, 3.8) is 0 Å². The molecule has 2 rings (SSSR count). The van der Waals surface area contributed by atoms with E-state index in [1.165, 1.54) is 30.6 Å². The quantitative estimate of drug-likeness (QED) is 0.882. The Bertz CT molecular complexity index is 451. The third-order valence-electron chi connectivity index (χ3n) is 4.07. The second-order valence-electron chi connectivity index (χ2n) is 6.89. The second-order valence-corrected chi connectivity index (χ2v) is 7.30. The maximum atomic E-state index is 6.44. The lowest BCUT2D eigenvalue weighted by atomic mass is 10.1. The zero-order chi connectivity index (χ0) is 14.8. The van der Waals surface area contributed by atoms with Crippen molar-refractivity contribution in [1.82, 2.24) is 5.32 Å². The number of hydrogen-bond acceptors (Lipinski definition) is 2. The van der Waals surface area contributed by atoms with Gasteiger partial charge in [-0.15, -0.1) is 0 Å². The fourth-order valence-corrected chi connectivity index (χ4v) is 2.88. The van der Waals surface area contributed by atoms with Gasteiger partial charge in [-0.2, -0.15) is 0 Å². The van der Waals surface area contributed by atoms with Crippen molar-refractivity contribution in [3.05, 3.63) is 28.8 Å². The maximum absolute atomic E-state index is 6.44. The zero-order valence-corrected chi connectivity index (χ0v) is 13.9. The SMILES string of the molecule is CCC1CCN(c2ccc(CNC(C)(C)C)c(Cl)c2)C1. The average Bonchev–Trinajstić information content (AvgIpc) is 2.85. The number of rotatable bonds is 4. The lowest BCUT2D eigenvalue weighted by Crippen LogP contribution is -2.35. The van der Waals surface area contributed by atoms with E-state index in [1.807, 2.05) is 0 Å². The minimum atomic E-state index is 0.116. The van der Waals surface area contributed by atoms with Crippen molar-refractivity contribution in [3.8, 4) is 0 Å². The normalized spacial score (nSPS) is 19.6. The van der Waals surface area contributed by atoms with Crippen LogP contribution in [-0.4, -0.2) is 18.6 Å². The van der Waals surface area contributed by atoms with E-state index in [1.54, 1.807) is 0 Å². The molecule has 1 N–H and O–H groups in total. The van der Waals surface area contributed by atoms with Crippen LogP contribution < -0.4 is 10.2 Å². The molecule has 1 atom stereocenters. The van der Waals surface area contributed by atoms with Crippen molar-refractivity contribution in [2.45, 2.75) is 52.6 Å². The first kappa shape index (κ1) is 15.7. The molecule has 2 nitrogen and oxygen atoms in total. The Kier molecular flexibility index (Phi) is 4.98. The first-order valence-electron chi connectivity index (χ1n) is 7.67. The zero-order valence-electron chi connectivity index (χ0n) is 13.2. The summed E-state index contributed by atoms with van der Waals surface area (Å²) < 4.78 is 0. The van der Waals surface area contributed by atoms with E-state index in [0.29, 0.717) is 0 Å². The Morgan fingerprint density at radius 2 is 2.10 bits per heavy atom. The molecular weight excluding hydrogens is 268 g/mol. The highest BCUT2D eigenvalue weighted by atomic mass is 35.5. The third-order valence-corrected chi connectivity index (χ3v) is 4.43. The van der Waals surface area contributed by atoms with Crippen molar-refractivity contribution in [2.75, 3.05) is 18.0 Å². The van der Waals surface area contributed by atoms with Gasteiger partial charge in [-0.3, -0.25) is 0 Å². The lowest BCUT2D eigenvalue weighted by molar-refractivity contribution is 0.424. The van der Waals surface area contributed by atoms with Crippen LogP contribution in [0.5, 0.6) is 0 Å². The van der Waals surface area contributed by atoms with Gasteiger partial charge in [0.05, 0.1) is 0 Å². The summed E-state index contributed by atoms with van der Waals surface area (Å²) in [6.07, 6.45) is 2.58. The molecule has 112 valence electrons. The average molecular weight is 295 g/mol. The van der Waals surface area contributed by atoms with Crippen LogP contribution in [0.2, 0.25) is 5.02 Å². The van der Waals surface area contributed by atoms with Gasteiger partial charge in [0.2, 0.25) is 0 Å². The third kappa shape index (κ3) is 4.13. The van der Waals surface area contributed by atoms with E-state index < -0.39 is 0 Å².